The molecule has 6 heteroatoms. The number of carbonyl (C=O) groups is 2. The van der Waals surface area contributed by atoms with E-state index in [9.17, 15) is 9.59 Å². The molecule has 0 unspecified atom stereocenters. The van der Waals surface area contributed by atoms with E-state index in [-0.39, 0.29) is 11.4 Å². The minimum Gasteiger partial charge on any atom is -0.461 e. The van der Waals surface area contributed by atoms with Gasteiger partial charge in [-0.1, -0.05) is 0 Å². The first kappa shape index (κ1) is 17.7. The van der Waals surface area contributed by atoms with Crippen LogP contribution in [0.15, 0.2) is 5.38 Å². The lowest BCUT2D eigenvalue weighted by Crippen LogP contribution is -2.54. The van der Waals surface area contributed by atoms with E-state index in [2.05, 4.69) is 9.88 Å². The van der Waals surface area contributed by atoms with Crippen molar-refractivity contribution in [2.45, 2.75) is 70.9 Å². The summed E-state index contributed by atoms with van der Waals surface area (Å²) < 4.78 is 5.04. The Labute approximate surface area is 164 Å². The number of rotatable bonds is 6. The second kappa shape index (κ2) is 6.57. The van der Waals surface area contributed by atoms with Crippen LogP contribution in [0.3, 0.4) is 0 Å². The Hall–Kier alpha value is -1.43. The van der Waals surface area contributed by atoms with Gasteiger partial charge in [0.2, 0.25) is 5.91 Å². The van der Waals surface area contributed by atoms with Crippen molar-refractivity contribution in [3.8, 4) is 0 Å². The second-order valence-corrected chi connectivity index (χ2v) is 10.2. The lowest BCUT2D eigenvalue weighted by Gasteiger charge is -2.56. The molecule has 5 aliphatic rings. The molecule has 5 aliphatic carbocycles. The number of nitrogens with zero attached hydrogens (tertiary/aromatic N) is 2. The highest BCUT2D eigenvalue weighted by Crippen LogP contribution is 2.61. The van der Waals surface area contributed by atoms with Crippen LogP contribution in [0.2, 0.25) is 0 Å². The first-order valence-corrected chi connectivity index (χ1v) is 11.4. The van der Waals surface area contributed by atoms with Gasteiger partial charge in [-0.15, -0.1) is 11.3 Å². The Morgan fingerprint density at radius 3 is 2.37 bits per heavy atom. The standard InChI is InChI=1S/C21H28N2O3S/c1-2-26-19(24)17-12-27-18(22-17)11-23(16-3-4-16)20(25)21-8-13-5-14(9-21)7-15(6-13)10-21/h12-16H,2-11H2,1H3. The van der Waals surface area contributed by atoms with E-state index in [0.717, 1.165) is 54.9 Å². The molecular weight excluding hydrogens is 360 g/mol. The van der Waals surface area contributed by atoms with Crippen molar-refractivity contribution in [1.29, 1.82) is 0 Å². The summed E-state index contributed by atoms with van der Waals surface area (Å²) in [6, 6.07) is 0.375. The highest BCUT2D eigenvalue weighted by molar-refractivity contribution is 7.09. The Balaban J connectivity index is 1.34. The molecular formula is C21H28N2O3S. The maximum Gasteiger partial charge on any atom is 0.357 e. The van der Waals surface area contributed by atoms with Crippen molar-refractivity contribution in [2.24, 2.45) is 23.2 Å². The molecule has 146 valence electrons. The predicted octanol–water partition coefficient (Wildman–Crippen LogP) is 4.03. The molecule has 1 aromatic heterocycles. The SMILES string of the molecule is CCOC(=O)c1csc(CN(C(=O)C23CC4CC(CC(C4)C2)C3)C2CC2)n1. The van der Waals surface area contributed by atoms with Crippen LogP contribution < -0.4 is 0 Å². The zero-order chi connectivity index (χ0) is 18.6. The van der Waals surface area contributed by atoms with E-state index >= 15 is 0 Å². The largest absolute Gasteiger partial charge is 0.461 e. The summed E-state index contributed by atoms with van der Waals surface area (Å²) in [5.41, 5.74) is 0.272. The first-order chi connectivity index (χ1) is 13.1. The average Bonchev–Trinajstić information content (AvgIpc) is 3.36. The van der Waals surface area contributed by atoms with Crippen LogP contribution in [0.1, 0.15) is 73.8 Å². The Morgan fingerprint density at radius 1 is 1.19 bits per heavy atom. The number of hydrogen-bond acceptors (Lipinski definition) is 5. The van der Waals surface area contributed by atoms with E-state index < -0.39 is 0 Å². The Kier molecular flexibility index (Phi) is 4.30. The number of esters is 1. The summed E-state index contributed by atoms with van der Waals surface area (Å²) in [6.07, 6.45) is 9.58. The number of aromatic nitrogens is 1. The summed E-state index contributed by atoms with van der Waals surface area (Å²) in [5, 5.41) is 2.61. The molecule has 0 atom stereocenters. The molecule has 6 rings (SSSR count). The summed E-state index contributed by atoms with van der Waals surface area (Å²) in [5.74, 6) is 2.34. The van der Waals surface area contributed by atoms with Gasteiger partial charge in [-0.25, -0.2) is 9.78 Å². The van der Waals surface area contributed by atoms with Gasteiger partial charge in [0.1, 0.15) is 5.01 Å². The molecule has 0 saturated heterocycles. The van der Waals surface area contributed by atoms with Gasteiger partial charge in [0.25, 0.3) is 0 Å². The summed E-state index contributed by atoms with van der Waals surface area (Å²) >= 11 is 1.47. The van der Waals surface area contributed by atoms with Crippen molar-refractivity contribution < 1.29 is 14.3 Å². The van der Waals surface area contributed by atoms with Crippen molar-refractivity contribution in [3.63, 3.8) is 0 Å². The molecule has 0 spiro atoms. The highest BCUT2D eigenvalue weighted by Gasteiger charge is 2.56. The normalized spacial score (nSPS) is 33.9. The molecule has 5 fully saturated rings. The molecule has 4 bridgehead atoms. The third kappa shape index (κ3) is 3.20. The fourth-order valence-electron chi connectivity index (χ4n) is 6.26. The van der Waals surface area contributed by atoms with Gasteiger partial charge in [-0.05, 0) is 76.0 Å². The molecule has 0 aliphatic heterocycles. The smallest absolute Gasteiger partial charge is 0.357 e. The van der Waals surface area contributed by atoms with Crippen molar-refractivity contribution >= 4 is 23.2 Å². The number of thiazole rings is 1. The van der Waals surface area contributed by atoms with E-state index in [1.165, 1.54) is 30.6 Å². The molecule has 0 radical (unpaired) electrons. The van der Waals surface area contributed by atoms with Gasteiger partial charge in [0, 0.05) is 11.4 Å². The van der Waals surface area contributed by atoms with Crippen molar-refractivity contribution in [1.82, 2.24) is 9.88 Å². The van der Waals surface area contributed by atoms with Crippen LogP contribution in [-0.4, -0.2) is 34.4 Å². The van der Waals surface area contributed by atoms with Crippen molar-refractivity contribution in [3.05, 3.63) is 16.1 Å². The molecule has 0 aromatic carbocycles. The van der Waals surface area contributed by atoms with Gasteiger partial charge in [0.15, 0.2) is 5.69 Å². The second-order valence-electron chi connectivity index (χ2n) is 9.21. The number of hydrogen-bond donors (Lipinski definition) is 0. The molecule has 5 saturated carbocycles. The van der Waals surface area contributed by atoms with Gasteiger partial charge >= 0.3 is 5.97 Å². The van der Waals surface area contributed by atoms with Crippen LogP contribution in [0, 0.1) is 23.2 Å². The quantitative estimate of drug-likeness (QED) is 0.691. The van der Waals surface area contributed by atoms with E-state index in [4.69, 9.17) is 4.74 Å². The topological polar surface area (TPSA) is 59.5 Å². The van der Waals surface area contributed by atoms with E-state index in [1.807, 2.05) is 0 Å². The fraction of sp³-hybridized carbons (Fsp3) is 0.762. The van der Waals surface area contributed by atoms with Gasteiger partial charge in [-0.3, -0.25) is 4.79 Å². The third-order valence-corrected chi connectivity index (χ3v) is 7.92. The Bertz CT molecular complexity index is 719. The number of carbonyl (C=O) groups excluding carboxylic acids is 2. The predicted molar refractivity (Wildman–Crippen MR) is 102 cm³/mol. The third-order valence-electron chi connectivity index (χ3n) is 7.08. The van der Waals surface area contributed by atoms with Crippen LogP contribution in [0.4, 0.5) is 0 Å². The van der Waals surface area contributed by atoms with Crippen LogP contribution >= 0.6 is 11.3 Å². The molecule has 1 amide bonds. The van der Waals surface area contributed by atoms with Gasteiger partial charge in [0.05, 0.1) is 18.6 Å². The van der Waals surface area contributed by atoms with E-state index in [1.54, 1.807) is 12.3 Å². The average molecular weight is 389 g/mol. The first-order valence-electron chi connectivity index (χ1n) is 10.5. The zero-order valence-corrected chi connectivity index (χ0v) is 16.8. The fourth-order valence-corrected chi connectivity index (χ4v) is 7.02. The van der Waals surface area contributed by atoms with Crippen LogP contribution in [-0.2, 0) is 16.1 Å². The minimum absolute atomic E-state index is 0.0986. The van der Waals surface area contributed by atoms with Gasteiger partial charge in [-0.2, -0.15) is 0 Å². The van der Waals surface area contributed by atoms with Crippen LogP contribution in [0.25, 0.3) is 0 Å². The zero-order valence-electron chi connectivity index (χ0n) is 16.0. The molecule has 1 aromatic rings. The molecule has 27 heavy (non-hydrogen) atoms. The highest BCUT2D eigenvalue weighted by atomic mass is 32.1. The minimum atomic E-state index is -0.370. The summed E-state index contributed by atoms with van der Waals surface area (Å²) in [4.78, 5) is 32.2. The number of amides is 1. The monoisotopic (exact) mass is 388 g/mol. The summed E-state index contributed by atoms with van der Waals surface area (Å²) in [6.45, 7) is 2.70. The maximum absolute atomic E-state index is 13.7. The lowest BCUT2D eigenvalue weighted by atomic mass is 9.49. The van der Waals surface area contributed by atoms with E-state index in [0.29, 0.717) is 30.8 Å². The lowest BCUT2D eigenvalue weighted by molar-refractivity contribution is -0.159. The Morgan fingerprint density at radius 2 is 1.81 bits per heavy atom. The molecule has 0 N–H and O–H groups in total. The van der Waals surface area contributed by atoms with Crippen molar-refractivity contribution in [2.75, 3.05) is 6.61 Å². The molecule has 5 nitrogen and oxygen atoms in total. The summed E-state index contributed by atoms with van der Waals surface area (Å²) in [7, 11) is 0. The van der Waals surface area contributed by atoms with Gasteiger partial charge < -0.3 is 9.64 Å². The number of ether oxygens (including phenoxy) is 1. The molecule has 1 heterocycles. The maximum atomic E-state index is 13.7. The van der Waals surface area contributed by atoms with Crippen LogP contribution in [0.5, 0.6) is 0 Å².